The SMILES string of the molecule is CN=C(NCCc1ccc(F)cc1)NCC(c1ccco1)N1CCCC1. The van der Waals surface area contributed by atoms with Crippen LogP contribution < -0.4 is 10.6 Å². The molecule has 2 N–H and O–H groups in total. The molecule has 1 aliphatic heterocycles. The Bertz CT molecular complexity index is 678. The fourth-order valence-electron chi connectivity index (χ4n) is 3.33. The third kappa shape index (κ3) is 5.08. The van der Waals surface area contributed by atoms with Crippen LogP contribution in [0.1, 0.15) is 30.2 Å². The summed E-state index contributed by atoms with van der Waals surface area (Å²) >= 11 is 0. The molecule has 0 spiro atoms. The molecule has 0 aliphatic carbocycles. The lowest BCUT2D eigenvalue weighted by Crippen LogP contribution is -2.43. The molecular weight excluding hydrogens is 331 g/mol. The predicted molar refractivity (Wildman–Crippen MR) is 102 cm³/mol. The minimum absolute atomic E-state index is 0.204. The van der Waals surface area contributed by atoms with E-state index in [1.807, 2.05) is 24.3 Å². The van der Waals surface area contributed by atoms with Gasteiger partial charge in [-0.2, -0.15) is 0 Å². The van der Waals surface area contributed by atoms with Gasteiger partial charge < -0.3 is 15.1 Å². The molecule has 1 fully saturated rings. The number of rotatable bonds is 7. The van der Waals surface area contributed by atoms with Gasteiger partial charge in [0.2, 0.25) is 0 Å². The summed E-state index contributed by atoms with van der Waals surface area (Å²) in [5.74, 6) is 1.55. The molecule has 140 valence electrons. The lowest BCUT2D eigenvalue weighted by atomic mass is 10.1. The fourth-order valence-corrected chi connectivity index (χ4v) is 3.33. The summed E-state index contributed by atoms with van der Waals surface area (Å²) in [7, 11) is 1.77. The third-order valence-corrected chi connectivity index (χ3v) is 4.76. The molecule has 1 aromatic heterocycles. The van der Waals surface area contributed by atoms with E-state index in [0.29, 0.717) is 0 Å². The molecule has 1 unspecified atom stereocenters. The number of hydrogen-bond acceptors (Lipinski definition) is 3. The van der Waals surface area contributed by atoms with E-state index >= 15 is 0 Å². The van der Waals surface area contributed by atoms with Gasteiger partial charge in [-0.1, -0.05) is 12.1 Å². The zero-order valence-electron chi connectivity index (χ0n) is 15.2. The van der Waals surface area contributed by atoms with Gasteiger partial charge in [-0.3, -0.25) is 9.89 Å². The zero-order valence-corrected chi connectivity index (χ0v) is 15.2. The molecule has 1 aliphatic rings. The summed E-state index contributed by atoms with van der Waals surface area (Å²) in [6.07, 6.45) is 5.02. The van der Waals surface area contributed by atoms with Crippen molar-refractivity contribution in [3.8, 4) is 0 Å². The van der Waals surface area contributed by atoms with Crippen molar-refractivity contribution in [2.45, 2.75) is 25.3 Å². The molecular formula is C20H27FN4O. The van der Waals surface area contributed by atoms with Gasteiger partial charge in [-0.05, 0) is 62.2 Å². The molecule has 2 aromatic rings. The monoisotopic (exact) mass is 358 g/mol. The van der Waals surface area contributed by atoms with Crippen molar-refractivity contribution in [1.29, 1.82) is 0 Å². The summed E-state index contributed by atoms with van der Waals surface area (Å²) in [5.41, 5.74) is 1.10. The van der Waals surface area contributed by atoms with Crippen molar-refractivity contribution < 1.29 is 8.81 Å². The normalized spacial score (nSPS) is 16.6. The Morgan fingerprint density at radius 3 is 2.62 bits per heavy atom. The van der Waals surface area contributed by atoms with Crippen molar-refractivity contribution in [3.63, 3.8) is 0 Å². The van der Waals surface area contributed by atoms with Crippen LogP contribution in [0.2, 0.25) is 0 Å². The number of benzene rings is 1. The lowest BCUT2D eigenvalue weighted by molar-refractivity contribution is 0.215. The first-order chi connectivity index (χ1) is 12.8. The van der Waals surface area contributed by atoms with Crippen molar-refractivity contribution >= 4 is 5.96 Å². The van der Waals surface area contributed by atoms with Crippen molar-refractivity contribution in [1.82, 2.24) is 15.5 Å². The van der Waals surface area contributed by atoms with Gasteiger partial charge in [0.15, 0.2) is 5.96 Å². The van der Waals surface area contributed by atoms with Crippen molar-refractivity contribution in [3.05, 3.63) is 59.8 Å². The number of hydrogen-bond donors (Lipinski definition) is 2. The maximum atomic E-state index is 13.0. The van der Waals surface area contributed by atoms with Crippen LogP contribution in [0.25, 0.3) is 0 Å². The smallest absolute Gasteiger partial charge is 0.191 e. The van der Waals surface area contributed by atoms with E-state index in [1.54, 1.807) is 13.3 Å². The number of likely N-dealkylation sites (tertiary alicyclic amines) is 1. The summed E-state index contributed by atoms with van der Waals surface area (Å²) in [4.78, 5) is 6.75. The maximum Gasteiger partial charge on any atom is 0.191 e. The lowest BCUT2D eigenvalue weighted by Gasteiger charge is -2.26. The molecule has 1 atom stereocenters. The first-order valence-electron chi connectivity index (χ1n) is 9.22. The van der Waals surface area contributed by atoms with E-state index in [0.717, 1.165) is 49.9 Å². The molecule has 2 heterocycles. The van der Waals surface area contributed by atoms with Crippen LogP contribution in [0.4, 0.5) is 4.39 Å². The Balaban J connectivity index is 1.49. The fraction of sp³-hybridized carbons (Fsp3) is 0.450. The molecule has 26 heavy (non-hydrogen) atoms. The van der Waals surface area contributed by atoms with Crippen LogP contribution in [-0.4, -0.2) is 44.1 Å². The number of aliphatic imine (C=N–C) groups is 1. The highest BCUT2D eigenvalue weighted by atomic mass is 19.1. The van der Waals surface area contributed by atoms with E-state index in [2.05, 4.69) is 20.5 Å². The number of guanidine groups is 1. The van der Waals surface area contributed by atoms with Crippen molar-refractivity contribution in [2.75, 3.05) is 33.2 Å². The maximum absolute atomic E-state index is 13.0. The van der Waals surface area contributed by atoms with Gasteiger partial charge in [-0.15, -0.1) is 0 Å². The molecule has 1 saturated heterocycles. The summed E-state index contributed by atoms with van der Waals surface area (Å²) in [6, 6.07) is 10.8. The summed E-state index contributed by atoms with van der Waals surface area (Å²) in [5, 5.41) is 6.73. The van der Waals surface area contributed by atoms with E-state index < -0.39 is 0 Å². The second kappa shape index (κ2) is 9.38. The Morgan fingerprint density at radius 1 is 1.19 bits per heavy atom. The van der Waals surface area contributed by atoms with Crippen LogP contribution in [0, 0.1) is 5.82 Å². The molecule has 5 nitrogen and oxygen atoms in total. The molecule has 3 rings (SSSR count). The molecule has 1 aromatic carbocycles. The summed E-state index contributed by atoms with van der Waals surface area (Å²) in [6.45, 7) is 3.68. The van der Waals surface area contributed by atoms with Gasteiger partial charge in [0.25, 0.3) is 0 Å². The second-order valence-corrected chi connectivity index (χ2v) is 6.53. The number of nitrogens with zero attached hydrogens (tertiary/aromatic N) is 2. The molecule has 0 saturated carbocycles. The third-order valence-electron chi connectivity index (χ3n) is 4.76. The van der Waals surface area contributed by atoms with E-state index in [1.165, 1.54) is 25.0 Å². The molecule has 0 radical (unpaired) electrons. The molecule has 0 amide bonds. The minimum atomic E-state index is -0.204. The molecule has 6 heteroatoms. The first-order valence-corrected chi connectivity index (χ1v) is 9.22. The first kappa shape index (κ1) is 18.5. The van der Waals surface area contributed by atoms with E-state index in [-0.39, 0.29) is 11.9 Å². The Kier molecular flexibility index (Phi) is 6.66. The quantitative estimate of drug-likeness (QED) is 0.590. The van der Waals surface area contributed by atoms with E-state index in [9.17, 15) is 4.39 Å². The second-order valence-electron chi connectivity index (χ2n) is 6.53. The summed E-state index contributed by atoms with van der Waals surface area (Å²) < 4.78 is 18.6. The predicted octanol–water partition coefficient (Wildman–Crippen LogP) is 2.96. The average Bonchev–Trinajstić information content (AvgIpc) is 3.36. The highest BCUT2D eigenvalue weighted by Crippen LogP contribution is 2.24. The number of nitrogens with one attached hydrogen (secondary N) is 2. The molecule has 0 bridgehead atoms. The Hall–Kier alpha value is -2.34. The van der Waals surface area contributed by atoms with Crippen LogP contribution in [0.15, 0.2) is 52.1 Å². The van der Waals surface area contributed by atoms with Gasteiger partial charge >= 0.3 is 0 Å². The van der Waals surface area contributed by atoms with E-state index in [4.69, 9.17) is 4.42 Å². The van der Waals surface area contributed by atoms with Crippen LogP contribution in [-0.2, 0) is 6.42 Å². The number of halogens is 1. The van der Waals surface area contributed by atoms with Gasteiger partial charge in [-0.25, -0.2) is 4.39 Å². The standard InChI is InChI=1S/C20H27FN4O/c1-22-20(23-11-10-16-6-8-17(21)9-7-16)24-15-18(19-5-4-14-26-19)25-12-2-3-13-25/h4-9,14,18H,2-3,10-13,15H2,1H3,(H2,22,23,24). The number of furan rings is 1. The van der Waals surface area contributed by atoms with Gasteiger partial charge in [0.05, 0.1) is 12.3 Å². The highest BCUT2D eigenvalue weighted by molar-refractivity contribution is 5.79. The van der Waals surface area contributed by atoms with Gasteiger partial charge in [0, 0.05) is 20.1 Å². The highest BCUT2D eigenvalue weighted by Gasteiger charge is 2.25. The van der Waals surface area contributed by atoms with Crippen LogP contribution in [0.5, 0.6) is 0 Å². The van der Waals surface area contributed by atoms with Gasteiger partial charge in [0.1, 0.15) is 11.6 Å². The topological polar surface area (TPSA) is 52.8 Å². The average molecular weight is 358 g/mol. The van der Waals surface area contributed by atoms with Crippen LogP contribution >= 0.6 is 0 Å². The largest absolute Gasteiger partial charge is 0.468 e. The Morgan fingerprint density at radius 2 is 1.96 bits per heavy atom. The Labute approximate surface area is 154 Å². The van der Waals surface area contributed by atoms with Crippen LogP contribution in [0.3, 0.4) is 0 Å². The van der Waals surface area contributed by atoms with Crippen molar-refractivity contribution in [2.24, 2.45) is 4.99 Å². The minimum Gasteiger partial charge on any atom is -0.468 e. The zero-order chi connectivity index (χ0) is 18.2.